The number of hydrogen-bond acceptors (Lipinski definition) is 2. The van der Waals surface area contributed by atoms with Gasteiger partial charge in [-0.1, -0.05) is 66.3 Å². The van der Waals surface area contributed by atoms with Crippen molar-refractivity contribution in [2.75, 3.05) is 0 Å². The Labute approximate surface area is 118 Å². The van der Waals surface area contributed by atoms with Gasteiger partial charge in [-0.25, -0.2) is 4.79 Å². The average molecular weight is 264 g/mol. The van der Waals surface area contributed by atoms with Crippen molar-refractivity contribution in [3.05, 3.63) is 94.1 Å². The third-order valence-corrected chi connectivity index (χ3v) is 2.67. The molecule has 1 aromatic heterocycles. The summed E-state index contributed by atoms with van der Waals surface area (Å²) in [6.07, 6.45) is 9.73. The molecule has 2 rings (SSSR count). The SMILES string of the molecule is CC(/C=C/c1cccc(=O)o1)=C\C=C\c1ccccc1. The van der Waals surface area contributed by atoms with Gasteiger partial charge >= 0.3 is 5.63 Å². The van der Waals surface area contributed by atoms with E-state index in [1.165, 1.54) is 6.07 Å². The van der Waals surface area contributed by atoms with Crippen LogP contribution in [0.2, 0.25) is 0 Å². The lowest BCUT2D eigenvalue weighted by molar-refractivity contribution is 0.501. The predicted octanol–water partition coefficient (Wildman–Crippen LogP) is 4.31. The number of rotatable bonds is 4. The summed E-state index contributed by atoms with van der Waals surface area (Å²) < 4.78 is 5.01. The summed E-state index contributed by atoms with van der Waals surface area (Å²) in [4.78, 5) is 11.0. The molecule has 1 heterocycles. The van der Waals surface area contributed by atoms with E-state index in [4.69, 9.17) is 4.42 Å². The zero-order chi connectivity index (χ0) is 14.2. The van der Waals surface area contributed by atoms with Gasteiger partial charge in [0.05, 0.1) is 0 Å². The van der Waals surface area contributed by atoms with Gasteiger partial charge in [-0.05, 0) is 24.6 Å². The Bertz CT molecular complexity index is 689. The predicted molar refractivity (Wildman–Crippen MR) is 83.2 cm³/mol. The standard InChI is InChI=1S/C18H16O2/c1-15(7-5-10-16-8-3-2-4-9-16)13-14-17-11-6-12-18(19)20-17/h2-14H,1H3/b10-5+,14-13+,15-7+. The van der Waals surface area contributed by atoms with Gasteiger partial charge in [-0.2, -0.15) is 0 Å². The third-order valence-electron chi connectivity index (χ3n) is 2.67. The second-order valence-electron chi connectivity index (χ2n) is 4.36. The molecule has 0 fully saturated rings. The van der Waals surface area contributed by atoms with Crippen LogP contribution in [0.5, 0.6) is 0 Å². The van der Waals surface area contributed by atoms with Gasteiger partial charge in [0.15, 0.2) is 0 Å². The van der Waals surface area contributed by atoms with Crippen LogP contribution in [0.15, 0.2) is 81.5 Å². The summed E-state index contributed by atoms with van der Waals surface area (Å²) in [5.41, 5.74) is 1.90. The molecule has 20 heavy (non-hydrogen) atoms. The van der Waals surface area contributed by atoms with Crippen molar-refractivity contribution >= 4 is 12.2 Å². The fourth-order valence-corrected chi connectivity index (χ4v) is 1.64. The molecule has 0 unspecified atom stereocenters. The highest BCUT2D eigenvalue weighted by Gasteiger charge is 1.89. The van der Waals surface area contributed by atoms with E-state index in [0.717, 1.165) is 11.1 Å². The maximum Gasteiger partial charge on any atom is 0.336 e. The largest absolute Gasteiger partial charge is 0.423 e. The minimum absolute atomic E-state index is 0.335. The van der Waals surface area contributed by atoms with Gasteiger partial charge < -0.3 is 4.42 Å². The van der Waals surface area contributed by atoms with Crippen LogP contribution in [0.1, 0.15) is 18.2 Å². The summed E-state index contributed by atoms with van der Waals surface area (Å²) >= 11 is 0. The first-order chi connectivity index (χ1) is 9.74. The highest BCUT2D eigenvalue weighted by atomic mass is 16.4. The molecule has 0 radical (unpaired) electrons. The van der Waals surface area contributed by atoms with Crippen molar-refractivity contribution in [3.8, 4) is 0 Å². The van der Waals surface area contributed by atoms with E-state index < -0.39 is 0 Å². The van der Waals surface area contributed by atoms with Gasteiger partial charge in [0.25, 0.3) is 0 Å². The van der Waals surface area contributed by atoms with Crippen molar-refractivity contribution in [3.63, 3.8) is 0 Å². The molecule has 0 saturated carbocycles. The Balaban J connectivity index is 2.01. The Morgan fingerprint density at radius 3 is 2.55 bits per heavy atom. The normalized spacial score (nSPS) is 12.3. The Morgan fingerprint density at radius 1 is 1.00 bits per heavy atom. The van der Waals surface area contributed by atoms with Gasteiger partial charge in [-0.15, -0.1) is 0 Å². The summed E-state index contributed by atoms with van der Waals surface area (Å²) in [6.45, 7) is 1.99. The minimum atomic E-state index is -0.335. The molecule has 1 aromatic carbocycles. The second-order valence-corrected chi connectivity index (χ2v) is 4.36. The Hall–Kier alpha value is -2.61. The molecule has 0 bridgehead atoms. The number of hydrogen-bond donors (Lipinski definition) is 0. The fourth-order valence-electron chi connectivity index (χ4n) is 1.64. The first-order valence-electron chi connectivity index (χ1n) is 6.42. The topological polar surface area (TPSA) is 30.2 Å². The lowest BCUT2D eigenvalue weighted by Gasteiger charge is -1.92. The molecule has 2 heteroatoms. The number of benzene rings is 1. The van der Waals surface area contributed by atoms with E-state index in [1.807, 2.05) is 61.6 Å². The van der Waals surface area contributed by atoms with Crippen LogP contribution in [-0.4, -0.2) is 0 Å². The summed E-state index contributed by atoms with van der Waals surface area (Å²) in [7, 11) is 0. The van der Waals surface area contributed by atoms with Crippen molar-refractivity contribution in [1.82, 2.24) is 0 Å². The summed E-state index contributed by atoms with van der Waals surface area (Å²) in [6, 6.07) is 14.9. The Kier molecular flexibility index (Phi) is 4.90. The van der Waals surface area contributed by atoms with E-state index in [9.17, 15) is 4.79 Å². The van der Waals surface area contributed by atoms with Crippen molar-refractivity contribution in [2.45, 2.75) is 6.92 Å². The molecule has 0 aliphatic rings. The quantitative estimate of drug-likeness (QED) is 0.770. The second kappa shape index (κ2) is 7.10. The fraction of sp³-hybridized carbons (Fsp3) is 0.0556. The molecular formula is C18H16O2. The monoisotopic (exact) mass is 264 g/mol. The van der Waals surface area contributed by atoms with Crippen molar-refractivity contribution in [2.24, 2.45) is 0 Å². The van der Waals surface area contributed by atoms with E-state index in [-0.39, 0.29) is 5.63 Å². The summed E-state index contributed by atoms with van der Waals surface area (Å²) in [5.74, 6) is 0.553. The van der Waals surface area contributed by atoms with Crippen molar-refractivity contribution in [1.29, 1.82) is 0 Å². The molecule has 0 atom stereocenters. The zero-order valence-corrected chi connectivity index (χ0v) is 11.3. The van der Waals surface area contributed by atoms with Gasteiger partial charge in [0, 0.05) is 6.07 Å². The Morgan fingerprint density at radius 2 is 1.80 bits per heavy atom. The smallest absolute Gasteiger partial charge is 0.336 e. The lowest BCUT2D eigenvalue weighted by atomic mass is 10.2. The van der Waals surface area contributed by atoms with Crippen LogP contribution in [0.3, 0.4) is 0 Å². The molecular weight excluding hydrogens is 248 g/mol. The van der Waals surface area contributed by atoms with E-state index in [0.29, 0.717) is 5.76 Å². The van der Waals surface area contributed by atoms with Crippen LogP contribution in [0.4, 0.5) is 0 Å². The number of allylic oxidation sites excluding steroid dienone is 4. The van der Waals surface area contributed by atoms with Gasteiger partial charge in [-0.3, -0.25) is 0 Å². The molecule has 2 nitrogen and oxygen atoms in total. The van der Waals surface area contributed by atoms with Crippen LogP contribution < -0.4 is 5.63 Å². The minimum Gasteiger partial charge on any atom is -0.423 e. The maximum atomic E-state index is 11.0. The van der Waals surface area contributed by atoms with Crippen LogP contribution >= 0.6 is 0 Å². The highest BCUT2D eigenvalue weighted by molar-refractivity contribution is 5.53. The zero-order valence-electron chi connectivity index (χ0n) is 11.3. The van der Waals surface area contributed by atoms with E-state index >= 15 is 0 Å². The first-order valence-corrected chi connectivity index (χ1v) is 6.42. The third kappa shape index (κ3) is 4.58. The molecule has 0 aliphatic carbocycles. The van der Waals surface area contributed by atoms with E-state index in [1.54, 1.807) is 18.2 Å². The van der Waals surface area contributed by atoms with Gasteiger partial charge in [0.1, 0.15) is 5.76 Å². The van der Waals surface area contributed by atoms with Crippen molar-refractivity contribution < 1.29 is 4.42 Å². The van der Waals surface area contributed by atoms with Crippen LogP contribution in [0.25, 0.3) is 12.2 Å². The molecule has 0 spiro atoms. The van der Waals surface area contributed by atoms with E-state index in [2.05, 4.69) is 0 Å². The van der Waals surface area contributed by atoms with Crippen LogP contribution in [0, 0.1) is 0 Å². The van der Waals surface area contributed by atoms with Crippen LogP contribution in [-0.2, 0) is 0 Å². The molecule has 2 aromatic rings. The average Bonchev–Trinajstić information content (AvgIpc) is 2.46. The van der Waals surface area contributed by atoms with Gasteiger partial charge in [0.2, 0.25) is 0 Å². The molecule has 0 amide bonds. The summed E-state index contributed by atoms with van der Waals surface area (Å²) in [5, 5.41) is 0. The highest BCUT2D eigenvalue weighted by Crippen LogP contribution is 2.05. The molecule has 0 aliphatic heterocycles. The first kappa shape index (κ1) is 13.8. The molecule has 100 valence electrons. The molecule has 0 N–H and O–H groups in total. The maximum absolute atomic E-state index is 11.0. The lowest BCUT2D eigenvalue weighted by Crippen LogP contribution is -1.94. The molecule has 0 saturated heterocycles.